The number of aromatic nitrogens is 3. The number of anilines is 1. The van der Waals surface area contributed by atoms with E-state index in [-0.39, 0.29) is 0 Å². The minimum atomic E-state index is 0.681. The van der Waals surface area contributed by atoms with Gasteiger partial charge in [-0.05, 0) is 30.9 Å². The number of methoxy groups -OCH3 is 1. The molecule has 102 valence electrons. The SMILES string of the molecule is CCc1cc(C)nc(N(C)Cc2csnc2OC)n1. The predicted octanol–water partition coefficient (Wildman–Crippen LogP) is 2.45. The van der Waals surface area contributed by atoms with Crippen molar-refractivity contribution in [3.05, 3.63) is 28.4 Å². The van der Waals surface area contributed by atoms with Crippen LogP contribution in [0.4, 0.5) is 5.95 Å². The van der Waals surface area contributed by atoms with Crippen molar-refractivity contribution in [3.8, 4) is 5.88 Å². The Morgan fingerprint density at radius 3 is 2.84 bits per heavy atom. The van der Waals surface area contributed by atoms with Crippen LogP contribution in [0, 0.1) is 6.92 Å². The number of aryl methyl sites for hydroxylation is 2. The summed E-state index contributed by atoms with van der Waals surface area (Å²) in [6.45, 7) is 4.77. The monoisotopic (exact) mass is 278 g/mol. The van der Waals surface area contributed by atoms with Crippen LogP contribution in [-0.2, 0) is 13.0 Å². The summed E-state index contributed by atoms with van der Waals surface area (Å²) in [6, 6.07) is 2.02. The van der Waals surface area contributed by atoms with E-state index < -0.39 is 0 Å². The minimum Gasteiger partial charge on any atom is -0.480 e. The minimum absolute atomic E-state index is 0.681. The Labute approximate surface area is 117 Å². The van der Waals surface area contributed by atoms with Gasteiger partial charge in [-0.1, -0.05) is 6.92 Å². The van der Waals surface area contributed by atoms with Gasteiger partial charge >= 0.3 is 0 Å². The third kappa shape index (κ3) is 3.20. The summed E-state index contributed by atoms with van der Waals surface area (Å²) < 4.78 is 9.41. The van der Waals surface area contributed by atoms with Gasteiger partial charge in [0.15, 0.2) is 0 Å². The van der Waals surface area contributed by atoms with Crippen molar-refractivity contribution in [2.24, 2.45) is 0 Å². The molecule has 0 amide bonds. The molecule has 0 saturated carbocycles. The van der Waals surface area contributed by atoms with E-state index in [0.717, 1.165) is 29.3 Å². The average molecular weight is 278 g/mol. The zero-order chi connectivity index (χ0) is 13.8. The Balaban J connectivity index is 2.20. The summed E-state index contributed by atoms with van der Waals surface area (Å²) in [5, 5.41) is 1.99. The second kappa shape index (κ2) is 5.97. The largest absolute Gasteiger partial charge is 0.480 e. The maximum Gasteiger partial charge on any atom is 0.229 e. The van der Waals surface area contributed by atoms with Crippen LogP contribution in [0.1, 0.15) is 23.9 Å². The number of hydrogen-bond acceptors (Lipinski definition) is 6. The van der Waals surface area contributed by atoms with Crippen molar-refractivity contribution in [3.63, 3.8) is 0 Å². The molecule has 0 fully saturated rings. The smallest absolute Gasteiger partial charge is 0.229 e. The number of ether oxygens (including phenoxy) is 1. The van der Waals surface area contributed by atoms with Gasteiger partial charge in [-0.3, -0.25) is 0 Å². The quantitative estimate of drug-likeness (QED) is 0.841. The maximum absolute atomic E-state index is 5.22. The van der Waals surface area contributed by atoms with E-state index in [9.17, 15) is 0 Å². The van der Waals surface area contributed by atoms with E-state index in [0.29, 0.717) is 12.4 Å². The summed E-state index contributed by atoms with van der Waals surface area (Å²) in [6.07, 6.45) is 0.910. The van der Waals surface area contributed by atoms with Crippen molar-refractivity contribution in [1.29, 1.82) is 0 Å². The molecule has 0 aromatic carbocycles. The first-order valence-electron chi connectivity index (χ1n) is 6.17. The Kier molecular flexibility index (Phi) is 4.31. The average Bonchev–Trinajstić information content (AvgIpc) is 2.85. The number of rotatable bonds is 5. The molecule has 0 unspecified atom stereocenters. The lowest BCUT2D eigenvalue weighted by molar-refractivity contribution is 0.397. The van der Waals surface area contributed by atoms with Gasteiger partial charge in [-0.2, -0.15) is 4.37 Å². The number of hydrogen-bond donors (Lipinski definition) is 0. The first-order chi connectivity index (χ1) is 9.13. The van der Waals surface area contributed by atoms with Crippen molar-refractivity contribution < 1.29 is 4.74 Å². The molecular formula is C13H18N4OS. The fraction of sp³-hybridized carbons (Fsp3) is 0.462. The molecule has 2 rings (SSSR count). The second-order valence-corrected chi connectivity index (χ2v) is 4.99. The Morgan fingerprint density at radius 1 is 1.37 bits per heavy atom. The van der Waals surface area contributed by atoms with Crippen molar-refractivity contribution in [2.45, 2.75) is 26.8 Å². The molecule has 5 nitrogen and oxygen atoms in total. The Morgan fingerprint density at radius 2 is 2.16 bits per heavy atom. The van der Waals surface area contributed by atoms with Crippen LogP contribution in [0.2, 0.25) is 0 Å². The molecule has 0 aliphatic heterocycles. The molecule has 0 aliphatic carbocycles. The van der Waals surface area contributed by atoms with E-state index in [1.807, 2.05) is 30.3 Å². The van der Waals surface area contributed by atoms with E-state index in [1.54, 1.807) is 7.11 Å². The van der Waals surface area contributed by atoms with Crippen LogP contribution >= 0.6 is 11.5 Å². The number of nitrogens with zero attached hydrogens (tertiary/aromatic N) is 4. The van der Waals surface area contributed by atoms with Gasteiger partial charge in [0.05, 0.1) is 13.7 Å². The van der Waals surface area contributed by atoms with Crippen molar-refractivity contribution >= 4 is 17.5 Å². The molecule has 19 heavy (non-hydrogen) atoms. The van der Waals surface area contributed by atoms with Crippen LogP contribution < -0.4 is 9.64 Å². The molecule has 0 bridgehead atoms. The third-order valence-corrected chi connectivity index (χ3v) is 3.47. The lowest BCUT2D eigenvalue weighted by atomic mass is 10.3. The fourth-order valence-electron chi connectivity index (χ4n) is 1.82. The van der Waals surface area contributed by atoms with Crippen LogP contribution in [0.25, 0.3) is 0 Å². The topological polar surface area (TPSA) is 51.1 Å². The van der Waals surface area contributed by atoms with Crippen LogP contribution in [0.5, 0.6) is 5.88 Å². The third-order valence-electron chi connectivity index (χ3n) is 2.81. The molecule has 0 radical (unpaired) electrons. The summed E-state index contributed by atoms with van der Waals surface area (Å²) in [5.41, 5.74) is 3.10. The second-order valence-electron chi connectivity index (χ2n) is 4.36. The highest BCUT2D eigenvalue weighted by Gasteiger charge is 2.12. The van der Waals surface area contributed by atoms with Gasteiger partial charge in [-0.25, -0.2) is 9.97 Å². The standard InChI is InChI=1S/C13H18N4OS/c1-5-11-6-9(2)14-13(15-11)17(3)7-10-8-19-16-12(10)18-4/h6,8H,5,7H2,1-4H3. The van der Waals surface area contributed by atoms with E-state index >= 15 is 0 Å². The molecule has 6 heteroatoms. The van der Waals surface area contributed by atoms with Gasteiger partial charge in [0, 0.05) is 29.4 Å². The van der Waals surface area contributed by atoms with Gasteiger partial charge in [0.2, 0.25) is 11.8 Å². The van der Waals surface area contributed by atoms with Gasteiger partial charge in [0.25, 0.3) is 0 Å². The van der Waals surface area contributed by atoms with Gasteiger partial charge in [-0.15, -0.1) is 0 Å². The van der Waals surface area contributed by atoms with Crippen LogP contribution in [0.15, 0.2) is 11.4 Å². The summed E-state index contributed by atoms with van der Waals surface area (Å²) in [4.78, 5) is 11.0. The lowest BCUT2D eigenvalue weighted by Crippen LogP contribution is -2.20. The Hall–Kier alpha value is -1.69. The molecular weight excluding hydrogens is 260 g/mol. The molecule has 2 aromatic heterocycles. The predicted molar refractivity (Wildman–Crippen MR) is 76.9 cm³/mol. The maximum atomic E-state index is 5.22. The van der Waals surface area contributed by atoms with E-state index in [4.69, 9.17) is 4.74 Å². The van der Waals surface area contributed by atoms with E-state index in [1.165, 1.54) is 11.5 Å². The lowest BCUT2D eigenvalue weighted by Gasteiger charge is -2.17. The Bertz CT molecular complexity index is 555. The molecule has 0 atom stereocenters. The van der Waals surface area contributed by atoms with Crippen LogP contribution in [0.3, 0.4) is 0 Å². The first kappa shape index (κ1) is 13.7. The fourth-order valence-corrected chi connectivity index (χ4v) is 2.46. The molecule has 0 saturated heterocycles. The highest BCUT2D eigenvalue weighted by molar-refractivity contribution is 7.03. The summed E-state index contributed by atoms with van der Waals surface area (Å²) in [7, 11) is 3.61. The highest BCUT2D eigenvalue weighted by atomic mass is 32.1. The van der Waals surface area contributed by atoms with Gasteiger partial charge in [0.1, 0.15) is 0 Å². The van der Waals surface area contributed by atoms with Crippen molar-refractivity contribution in [2.75, 3.05) is 19.1 Å². The molecule has 0 aliphatic rings. The van der Waals surface area contributed by atoms with E-state index in [2.05, 4.69) is 21.3 Å². The normalized spacial score (nSPS) is 10.5. The van der Waals surface area contributed by atoms with Crippen molar-refractivity contribution in [1.82, 2.24) is 14.3 Å². The molecule has 2 heterocycles. The summed E-state index contributed by atoms with van der Waals surface area (Å²) in [5.74, 6) is 1.42. The van der Waals surface area contributed by atoms with Gasteiger partial charge < -0.3 is 9.64 Å². The van der Waals surface area contributed by atoms with Crippen LogP contribution in [-0.4, -0.2) is 28.5 Å². The highest BCUT2D eigenvalue weighted by Crippen LogP contribution is 2.21. The molecule has 0 N–H and O–H groups in total. The zero-order valence-electron chi connectivity index (χ0n) is 11.7. The summed E-state index contributed by atoms with van der Waals surface area (Å²) >= 11 is 1.40. The molecule has 0 spiro atoms. The first-order valence-corrected chi connectivity index (χ1v) is 7.00. The molecule has 2 aromatic rings. The zero-order valence-corrected chi connectivity index (χ0v) is 12.5.